The molecule has 1 heterocycles. The van der Waals surface area contributed by atoms with Gasteiger partial charge < -0.3 is 10.1 Å². The Labute approximate surface area is 138 Å². The van der Waals surface area contributed by atoms with Crippen LogP contribution in [0.3, 0.4) is 0 Å². The highest BCUT2D eigenvalue weighted by molar-refractivity contribution is 5.82. The molecule has 1 aliphatic heterocycles. The van der Waals surface area contributed by atoms with Crippen LogP contribution in [0.25, 0.3) is 0 Å². The zero-order valence-corrected chi connectivity index (χ0v) is 13.5. The summed E-state index contributed by atoms with van der Waals surface area (Å²) in [5.74, 6) is -3.13. The molecule has 2 fully saturated rings. The highest BCUT2D eigenvalue weighted by Crippen LogP contribution is 2.31. The van der Waals surface area contributed by atoms with Gasteiger partial charge in [-0.3, -0.25) is 10.1 Å². The molecule has 1 amide bonds. The molecule has 2 unspecified atom stereocenters. The molecule has 2 atom stereocenters. The summed E-state index contributed by atoms with van der Waals surface area (Å²) in [6.45, 7) is 1.70. The molecule has 4 nitrogen and oxygen atoms in total. The molecule has 2 aliphatic rings. The molecule has 0 aromatic heterocycles. The lowest BCUT2D eigenvalue weighted by molar-refractivity contribution is -0.124. The van der Waals surface area contributed by atoms with E-state index in [0.717, 1.165) is 12.8 Å². The summed E-state index contributed by atoms with van der Waals surface area (Å²) in [6, 6.07) is 3.11. The maximum atomic E-state index is 14.1. The molecule has 1 aliphatic carbocycles. The summed E-state index contributed by atoms with van der Waals surface area (Å²) >= 11 is 0. The lowest BCUT2D eigenvalue weighted by Gasteiger charge is -2.18. The van der Waals surface area contributed by atoms with E-state index in [4.69, 9.17) is 4.74 Å². The van der Waals surface area contributed by atoms with E-state index >= 15 is 0 Å². The standard InChI is InChI=1S/C17H21F3N2O2/c1-10(22-16(23)14-7-17(19,20)9-21-14)12-4-5-15(13(18)6-12)24-8-11-2-3-11/h4-6,10-11,14,21H,2-3,7-9H2,1H3,(H,22,23). The molecule has 0 bridgehead atoms. The van der Waals surface area contributed by atoms with Crippen molar-refractivity contribution in [3.05, 3.63) is 29.6 Å². The van der Waals surface area contributed by atoms with Crippen molar-refractivity contribution in [2.45, 2.75) is 44.2 Å². The van der Waals surface area contributed by atoms with E-state index < -0.39 is 42.7 Å². The van der Waals surface area contributed by atoms with Crippen LogP contribution in [0.15, 0.2) is 18.2 Å². The summed E-state index contributed by atoms with van der Waals surface area (Å²) in [5, 5.41) is 5.14. The predicted molar refractivity (Wildman–Crippen MR) is 82.5 cm³/mol. The van der Waals surface area contributed by atoms with Gasteiger partial charge in [0.05, 0.1) is 25.2 Å². The number of nitrogens with one attached hydrogen (secondary N) is 2. The number of ether oxygens (including phenoxy) is 1. The Hall–Kier alpha value is -1.76. The Bertz CT molecular complexity index is 620. The summed E-state index contributed by atoms with van der Waals surface area (Å²) in [5.41, 5.74) is 0.560. The highest BCUT2D eigenvalue weighted by Gasteiger charge is 2.42. The van der Waals surface area contributed by atoms with Crippen molar-refractivity contribution in [2.24, 2.45) is 5.92 Å². The molecular formula is C17H21F3N2O2. The lowest BCUT2D eigenvalue weighted by atomic mass is 10.1. The smallest absolute Gasteiger partial charge is 0.262 e. The maximum absolute atomic E-state index is 14.1. The van der Waals surface area contributed by atoms with Crippen LogP contribution in [0.5, 0.6) is 5.75 Å². The number of carbonyl (C=O) groups is 1. The SMILES string of the molecule is CC(NC(=O)C1CC(F)(F)CN1)c1ccc(OCC2CC2)c(F)c1. The van der Waals surface area contributed by atoms with Crippen LogP contribution in [-0.4, -0.2) is 31.0 Å². The van der Waals surface area contributed by atoms with Gasteiger partial charge in [-0.1, -0.05) is 6.07 Å². The van der Waals surface area contributed by atoms with Crippen LogP contribution in [0, 0.1) is 11.7 Å². The van der Waals surface area contributed by atoms with E-state index in [0.29, 0.717) is 18.1 Å². The van der Waals surface area contributed by atoms with Gasteiger partial charge >= 0.3 is 0 Å². The first kappa shape index (κ1) is 17.1. The summed E-state index contributed by atoms with van der Waals surface area (Å²) < 4.78 is 45.8. The summed E-state index contributed by atoms with van der Waals surface area (Å²) in [7, 11) is 0. The van der Waals surface area contributed by atoms with Crippen LogP contribution in [0.4, 0.5) is 13.2 Å². The monoisotopic (exact) mass is 342 g/mol. The average Bonchev–Trinajstić information content (AvgIpc) is 3.27. The molecule has 0 radical (unpaired) electrons. The van der Waals surface area contributed by atoms with E-state index in [-0.39, 0.29) is 5.75 Å². The number of benzene rings is 1. The molecule has 1 aromatic carbocycles. The minimum atomic E-state index is -2.86. The zero-order chi connectivity index (χ0) is 17.3. The summed E-state index contributed by atoms with van der Waals surface area (Å²) in [6.07, 6.45) is 1.72. The molecular weight excluding hydrogens is 321 g/mol. The summed E-state index contributed by atoms with van der Waals surface area (Å²) in [4.78, 5) is 12.0. The molecule has 1 saturated carbocycles. The van der Waals surface area contributed by atoms with Crippen LogP contribution >= 0.6 is 0 Å². The van der Waals surface area contributed by atoms with Crippen LogP contribution in [0.1, 0.15) is 37.8 Å². The first-order valence-corrected chi connectivity index (χ1v) is 8.18. The van der Waals surface area contributed by atoms with Gasteiger partial charge in [0, 0.05) is 6.42 Å². The third-order valence-electron chi connectivity index (χ3n) is 4.41. The molecule has 2 N–H and O–H groups in total. The third-order valence-corrected chi connectivity index (χ3v) is 4.41. The van der Waals surface area contributed by atoms with Gasteiger partial charge in [-0.25, -0.2) is 13.2 Å². The third kappa shape index (κ3) is 4.20. The van der Waals surface area contributed by atoms with Gasteiger partial charge in [0.2, 0.25) is 5.91 Å². The van der Waals surface area contributed by atoms with Gasteiger partial charge in [-0.05, 0) is 43.4 Å². The molecule has 0 spiro atoms. The van der Waals surface area contributed by atoms with Crippen LogP contribution in [0.2, 0.25) is 0 Å². The highest BCUT2D eigenvalue weighted by atomic mass is 19.3. The van der Waals surface area contributed by atoms with Gasteiger partial charge in [0.25, 0.3) is 5.92 Å². The number of halogens is 3. The average molecular weight is 342 g/mol. The number of amides is 1. The van der Waals surface area contributed by atoms with E-state index in [9.17, 15) is 18.0 Å². The minimum Gasteiger partial charge on any atom is -0.490 e. The van der Waals surface area contributed by atoms with Crippen molar-refractivity contribution in [2.75, 3.05) is 13.2 Å². The second-order valence-corrected chi connectivity index (χ2v) is 6.67. The van der Waals surface area contributed by atoms with Crippen LogP contribution in [-0.2, 0) is 4.79 Å². The van der Waals surface area contributed by atoms with Gasteiger partial charge in [-0.2, -0.15) is 0 Å². The molecule has 7 heteroatoms. The Kier molecular flexibility index (Phi) is 4.71. The second-order valence-electron chi connectivity index (χ2n) is 6.67. The minimum absolute atomic E-state index is 0.196. The Morgan fingerprint density at radius 3 is 2.79 bits per heavy atom. The van der Waals surface area contributed by atoms with Crippen molar-refractivity contribution in [1.29, 1.82) is 0 Å². The van der Waals surface area contributed by atoms with E-state index in [1.54, 1.807) is 13.0 Å². The predicted octanol–water partition coefficient (Wildman–Crippen LogP) is 2.79. The largest absolute Gasteiger partial charge is 0.490 e. The number of alkyl halides is 2. The lowest BCUT2D eigenvalue weighted by Crippen LogP contribution is -2.41. The Morgan fingerprint density at radius 1 is 1.46 bits per heavy atom. The van der Waals surface area contributed by atoms with E-state index in [2.05, 4.69) is 10.6 Å². The second kappa shape index (κ2) is 6.63. The van der Waals surface area contributed by atoms with Crippen LogP contribution < -0.4 is 15.4 Å². The zero-order valence-electron chi connectivity index (χ0n) is 13.5. The van der Waals surface area contributed by atoms with Gasteiger partial charge in [0.1, 0.15) is 0 Å². The fourth-order valence-corrected chi connectivity index (χ4v) is 2.69. The molecule has 132 valence electrons. The normalized spacial score (nSPS) is 23.8. The maximum Gasteiger partial charge on any atom is 0.262 e. The molecule has 3 rings (SSSR count). The number of carbonyl (C=O) groups excluding carboxylic acids is 1. The van der Waals surface area contributed by atoms with E-state index in [1.165, 1.54) is 12.1 Å². The number of hydrogen-bond donors (Lipinski definition) is 2. The van der Waals surface area contributed by atoms with Gasteiger partial charge in [-0.15, -0.1) is 0 Å². The van der Waals surface area contributed by atoms with Crippen molar-refractivity contribution < 1.29 is 22.7 Å². The molecule has 1 saturated heterocycles. The first-order chi connectivity index (χ1) is 11.3. The Morgan fingerprint density at radius 2 is 2.21 bits per heavy atom. The first-order valence-electron chi connectivity index (χ1n) is 8.18. The fraction of sp³-hybridized carbons (Fsp3) is 0.588. The number of rotatable bonds is 6. The van der Waals surface area contributed by atoms with Gasteiger partial charge in [0.15, 0.2) is 11.6 Å². The van der Waals surface area contributed by atoms with Crippen molar-refractivity contribution in [1.82, 2.24) is 10.6 Å². The van der Waals surface area contributed by atoms with Crippen molar-refractivity contribution >= 4 is 5.91 Å². The topological polar surface area (TPSA) is 50.4 Å². The number of hydrogen-bond acceptors (Lipinski definition) is 3. The molecule has 24 heavy (non-hydrogen) atoms. The quantitative estimate of drug-likeness (QED) is 0.836. The van der Waals surface area contributed by atoms with Crippen molar-refractivity contribution in [3.8, 4) is 5.75 Å². The van der Waals surface area contributed by atoms with Crippen molar-refractivity contribution in [3.63, 3.8) is 0 Å². The molecule has 1 aromatic rings. The fourth-order valence-electron chi connectivity index (χ4n) is 2.69. The van der Waals surface area contributed by atoms with E-state index in [1.807, 2.05) is 0 Å². The Balaban J connectivity index is 1.57.